The number of nitrogens with zero attached hydrogens (tertiary/aromatic N) is 1. The number of furan rings is 1. The van der Waals surface area contributed by atoms with Crippen LogP contribution in [0.25, 0.3) is 0 Å². The molecule has 0 spiro atoms. The zero-order chi connectivity index (χ0) is 13.8. The smallest absolute Gasteiger partial charge is 0.372 e. The first-order chi connectivity index (χ1) is 9.13. The van der Waals surface area contributed by atoms with Crippen molar-refractivity contribution in [3.8, 4) is 0 Å². The molecule has 100 valence electrons. The molecule has 0 saturated carbocycles. The van der Waals surface area contributed by atoms with E-state index in [9.17, 15) is 4.79 Å². The summed E-state index contributed by atoms with van der Waals surface area (Å²) >= 11 is 0. The average Bonchev–Trinajstić information content (AvgIpc) is 2.85. The molecule has 1 aromatic heterocycles. The van der Waals surface area contributed by atoms with Gasteiger partial charge in [0, 0.05) is 24.3 Å². The number of carboxylic acid groups (broad SMARTS) is 1. The Morgan fingerprint density at radius 3 is 2.68 bits per heavy atom. The standard InChI is InChI=1S/C15H17NO3/c1-3-16(13-7-5-4-6-11(13)2)10-12-8-9-19-14(12)15(17)18/h4-9H,3,10H2,1-2H3,(H,17,18). The van der Waals surface area contributed by atoms with Gasteiger partial charge in [0.25, 0.3) is 0 Å². The Morgan fingerprint density at radius 1 is 1.32 bits per heavy atom. The summed E-state index contributed by atoms with van der Waals surface area (Å²) in [5.41, 5.74) is 2.98. The van der Waals surface area contributed by atoms with Gasteiger partial charge in [-0.15, -0.1) is 0 Å². The highest BCUT2D eigenvalue weighted by Crippen LogP contribution is 2.23. The van der Waals surface area contributed by atoms with Gasteiger partial charge in [-0.1, -0.05) is 18.2 Å². The monoisotopic (exact) mass is 259 g/mol. The van der Waals surface area contributed by atoms with Crippen molar-refractivity contribution in [2.75, 3.05) is 11.4 Å². The van der Waals surface area contributed by atoms with Gasteiger partial charge in [0.1, 0.15) is 0 Å². The molecule has 1 aromatic carbocycles. The Kier molecular flexibility index (Phi) is 3.90. The van der Waals surface area contributed by atoms with Crippen LogP contribution < -0.4 is 4.90 Å². The summed E-state index contributed by atoms with van der Waals surface area (Å²) in [5, 5.41) is 9.05. The third-order valence-electron chi connectivity index (χ3n) is 3.14. The fraction of sp³-hybridized carbons (Fsp3) is 0.267. The summed E-state index contributed by atoms with van der Waals surface area (Å²) in [4.78, 5) is 13.2. The van der Waals surface area contributed by atoms with Gasteiger partial charge in [0.05, 0.1) is 6.26 Å². The predicted octanol–water partition coefficient (Wildman–Crippen LogP) is 3.31. The molecular formula is C15H17NO3. The molecule has 0 unspecified atom stereocenters. The molecule has 19 heavy (non-hydrogen) atoms. The van der Waals surface area contributed by atoms with E-state index in [1.54, 1.807) is 6.07 Å². The van der Waals surface area contributed by atoms with Crippen LogP contribution in [0.3, 0.4) is 0 Å². The number of anilines is 1. The van der Waals surface area contributed by atoms with Crippen LogP contribution in [0.4, 0.5) is 5.69 Å². The van der Waals surface area contributed by atoms with Gasteiger partial charge in [-0.3, -0.25) is 0 Å². The van der Waals surface area contributed by atoms with Crippen molar-refractivity contribution in [2.24, 2.45) is 0 Å². The van der Waals surface area contributed by atoms with E-state index in [1.807, 2.05) is 38.1 Å². The lowest BCUT2D eigenvalue weighted by Crippen LogP contribution is -2.23. The minimum atomic E-state index is -1.03. The highest BCUT2D eigenvalue weighted by molar-refractivity contribution is 5.86. The van der Waals surface area contributed by atoms with Crippen molar-refractivity contribution in [1.29, 1.82) is 0 Å². The fourth-order valence-electron chi connectivity index (χ4n) is 2.14. The van der Waals surface area contributed by atoms with Gasteiger partial charge in [-0.25, -0.2) is 4.79 Å². The summed E-state index contributed by atoms with van der Waals surface area (Å²) in [6, 6.07) is 9.78. The topological polar surface area (TPSA) is 53.7 Å². The number of aromatic carboxylic acids is 1. The normalized spacial score (nSPS) is 10.4. The van der Waals surface area contributed by atoms with Gasteiger partial charge in [0.2, 0.25) is 5.76 Å². The number of para-hydroxylation sites is 1. The van der Waals surface area contributed by atoms with Crippen LogP contribution in [-0.4, -0.2) is 17.6 Å². The molecule has 0 radical (unpaired) electrons. The van der Waals surface area contributed by atoms with Gasteiger partial charge in [0.15, 0.2) is 0 Å². The van der Waals surface area contributed by atoms with Crippen molar-refractivity contribution >= 4 is 11.7 Å². The first kappa shape index (κ1) is 13.2. The molecule has 0 atom stereocenters. The molecule has 0 fully saturated rings. The summed E-state index contributed by atoms with van der Waals surface area (Å²) in [7, 11) is 0. The Bertz CT molecular complexity index is 574. The number of aryl methyl sites for hydroxylation is 1. The number of hydrogen-bond donors (Lipinski definition) is 1. The van der Waals surface area contributed by atoms with Crippen molar-refractivity contribution in [1.82, 2.24) is 0 Å². The van der Waals surface area contributed by atoms with Crippen LogP contribution in [0, 0.1) is 6.92 Å². The number of hydrogen-bond acceptors (Lipinski definition) is 3. The van der Waals surface area contributed by atoms with Crippen molar-refractivity contribution in [3.05, 3.63) is 53.5 Å². The molecule has 4 heteroatoms. The second-order valence-electron chi connectivity index (χ2n) is 4.38. The van der Waals surface area contributed by atoms with Crippen LogP contribution >= 0.6 is 0 Å². The van der Waals surface area contributed by atoms with E-state index >= 15 is 0 Å². The fourth-order valence-corrected chi connectivity index (χ4v) is 2.14. The molecular weight excluding hydrogens is 242 g/mol. The molecule has 0 saturated heterocycles. The van der Waals surface area contributed by atoms with Crippen LogP contribution in [0.1, 0.15) is 28.6 Å². The SMILES string of the molecule is CCN(Cc1ccoc1C(=O)O)c1ccccc1C. The average molecular weight is 259 g/mol. The Labute approximate surface area is 112 Å². The summed E-state index contributed by atoms with van der Waals surface area (Å²) in [5.74, 6) is -1.01. The molecule has 0 aliphatic heterocycles. The van der Waals surface area contributed by atoms with E-state index in [-0.39, 0.29) is 5.76 Å². The van der Waals surface area contributed by atoms with Gasteiger partial charge in [-0.05, 0) is 31.5 Å². The van der Waals surface area contributed by atoms with Crippen LogP contribution in [-0.2, 0) is 6.54 Å². The predicted molar refractivity (Wildman–Crippen MR) is 73.6 cm³/mol. The molecule has 2 aromatic rings. The van der Waals surface area contributed by atoms with E-state index in [0.717, 1.165) is 12.2 Å². The third-order valence-corrected chi connectivity index (χ3v) is 3.14. The van der Waals surface area contributed by atoms with E-state index in [0.29, 0.717) is 12.1 Å². The Morgan fingerprint density at radius 2 is 2.05 bits per heavy atom. The largest absolute Gasteiger partial charge is 0.475 e. The van der Waals surface area contributed by atoms with E-state index in [1.165, 1.54) is 11.8 Å². The lowest BCUT2D eigenvalue weighted by molar-refractivity contribution is 0.0661. The van der Waals surface area contributed by atoms with Gasteiger partial charge >= 0.3 is 5.97 Å². The second kappa shape index (κ2) is 5.61. The zero-order valence-corrected chi connectivity index (χ0v) is 11.1. The van der Waals surface area contributed by atoms with Crippen LogP contribution in [0.5, 0.6) is 0 Å². The van der Waals surface area contributed by atoms with Crippen LogP contribution in [0.2, 0.25) is 0 Å². The maximum atomic E-state index is 11.0. The molecule has 0 aliphatic carbocycles. The first-order valence-electron chi connectivity index (χ1n) is 6.23. The number of carboxylic acids is 1. The molecule has 2 rings (SSSR count). The molecule has 4 nitrogen and oxygen atoms in total. The molecule has 1 heterocycles. The highest BCUT2D eigenvalue weighted by Gasteiger charge is 2.17. The highest BCUT2D eigenvalue weighted by atomic mass is 16.4. The summed E-state index contributed by atoms with van der Waals surface area (Å²) in [6.45, 7) is 5.42. The van der Waals surface area contributed by atoms with Crippen molar-refractivity contribution in [3.63, 3.8) is 0 Å². The zero-order valence-electron chi connectivity index (χ0n) is 11.1. The molecule has 0 aliphatic rings. The minimum Gasteiger partial charge on any atom is -0.475 e. The maximum Gasteiger partial charge on any atom is 0.372 e. The molecule has 1 N–H and O–H groups in total. The molecule has 0 amide bonds. The van der Waals surface area contributed by atoms with E-state index in [4.69, 9.17) is 9.52 Å². The van der Waals surface area contributed by atoms with E-state index in [2.05, 4.69) is 4.90 Å². The van der Waals surface area contributed by atoms with Crippen molar-refractivity contribution in [2.45, 2.75) is 20.4 Å². The number of rotatable bonds is 5. The first-order valence-corrected chi connectivity index (χ1v) is 6.23. The number of benzene rings is 1. The Hall–Kier alpha value is -2.23. The van der Waals surface area contributed by atoms with Gasteiger partial charge < -0.3 is 14.4 Å². The van der Waals surface area contributed by atoms with Crippen molar-refractivity contribution < 1.29 is 14.3 Å². The lowest BCUT2D eigenvalue weighted by Gasteiger charge is -2.24. The third kappa shape index (κ3) is 2.78. The maximum absolute atomic E-state index is 11.0. The second-order valence-corrected chi connectivity index (χ2v) is 4.38. The quantitative estimate of drug-likeness (QED) is 0.895. The Balaban J connectivity index is 2.27. The summed E-state index contributed by atoms with van der Waals surface area (Å²) in [6.07, 6.45) is 1.42. The number of carbonyl (C=O) groups is 1. The lowest BCUT2D eigenvalue weighted by atomic mass is 10.1. The van der Waals surface area contributed by atoms with E-state index < -0.39 is 5.97 Å². The molecule has 0 bridgehead atoms. The summed E-state index contributed by atoms with van der Waals surface area (Å²) < 4.78 is 5.01. The minimum absolute atomic E-state index is 0.0204. The van der Waals surface area contributed by atoms with Gasteiger partial charge in [-0.2, -0.15) is 0 Å². The van der Waals surface area contributed by atoms with Crippen LogP contribution in [0.15, 0.2) is 41.0 Å².